The van der Waals surface area contributed by atoms with Gasteiger partial charge in [-0.05, 0) is 17.8 Å². The topological polar surface area (TPSA) is 12.9 Å². The van der Waals surface area contributed by atoms with E-state index < -0.39 is 0 Å². The van der Waals surface area contributed by atoms with Gasteiger partial charge < -0.3 is 0 Å². The second-order valence-corrected chi connectivity index (χ2v) is 5.45. The van der Waals surface area contributed by atoms with Crippen molar-refractivity contribution in [3.63, 3.8) is 0 Å². The Morgan fingerprint density at radius 1 is 1.50 bits per heavy atom. The highest BCUT2D eigenvalue weighted by Crippen LogP contribution is 2.56. The molecular weight excluding hydrogens is 166 g/mol. The molecule has 1 aliphatic carbocycles. The van der Waals surface area contributed by atoms with Crippen molar-refractivity contribution in [2.24, 2.45) is 11.3 Å². The van der Waals surface area contributed by atoms with Crippen LogP contribution in [0, 0.1) is 11.3 Å². The zero-order valence-electron chi connectivity index (χ0n) is 7.87. The van der Waals surface area contributed by atoms with Crippen LogP contribution in [-0.2, 0) is 0 Å². The number of thiazole rings is 1. The summed E-state index contributed by atoms with van der Waals surface area (Å²) >= 11 is 1.71. The maximum atomic E-state index is 4.36. The molecule has 2 rings (SSSR count). The van der Waals surface area contributed by atoms with Gasteiger partial charge >= 0.3 is 0 Å². The first-order valence-corrected chi connectivity index (χ1v) is 5.41. The molecular formula is C10H15NS. The van der Waals surface area contributed by atoms with Crippen LogP contribution in [-0.4, -0.2) is 4.98 Å². The van der Waals surface area contributed by atoms with Gasteiger partial charge in [-0.2, -0.15) is 0 Å². The van der Waals surface area contributed by atoms with Crippen molar-refractivity contribution in [3.05, 3.63) is 16.6 Å². The van der Waals surface area contributed by atoms with E-state index in [0.29, 0.717) is 5.41 Å². The molecule has 0 N–H and O–H groups in total. The van der Waals surface area contributed by atoms with Crippen molar-refractivity contribution >= 4 is 11.3 Å². The Balaban J connectivity index is 2.06. The first-order valence-electron chi connectivity index (χ1n) is 4.47. The standard InChI is InChI=1S/C10H15NS/c1-10(2,3)8-4-7(8)9-5-12-6-11-9/h5-8H,4H2,1-3H3. The maximum Gasteiger partial charge on any atom is 0.0794 e. The molecule has 1 heterocycles. The van der Waals surface area contributed by atoms with Crippen LogP contribution in [0.4, 0.5) is 0 Å². The molecule has 2 atom stereocenters. The average Bonchev–Trinajstić information content (AvgIpc) is 2.60. The van der Waals surface area contributed by atoms with E-state index in [9.17, 15) is 0 Å². The maximum absolute atomic E-state index is 4.36. The average molecular weight is 181 g/mol. The van der Waals surface area contributed by atoms with Gasteiger partial charge in [-0.1, -0.05) is 20.8 Å². The summed E-state index contributed by atoms with van der Waals surface area (Å²) < 4.78 is 0. The molecule has 12 heavy (non-hydrogen) atoms. The van der Waals surface area contributed by atoms with E-state index in [1.165, 1.54) is 12.1 Å². The Kier molecular flexibility index (Phi) is 1.76. The molecule has 0 bridgehead atoms. The summed E-state index contributed by atoms with van der Waals surface area (Å²) in [5.74, 6) is 1.62. The van der Waals surface area contributed by atoms with Gasteiger partial charge in [0.2, 0.25) is 0 Å². The molecule has 0 amide bonds. The van der Waals surface area contributed by atoms with Gasteiger partial charge in [0.1, 0.15) is 0 Å². The van der Waals surface area contributed by atoms with Gasteiger partial charge in [-0.3, -0.25) is 0 Å². The van der Waals surface area contributed by atoms with Gasteiger partial charge in [0.25, 0.3) is 0 Å². The highest BCUT2D eigenvalue weighted by molar-refractivity contribution is 7.07. The molecule has 1 aliphatic rings. The minimum absolute atomic E-state index is 0.467. The highest BCUT2D eigenvalue weighted by atomic mass is 32.1. The van der Waals surface area contributed by atoms with E-state index in [1.807, 2.05) is 5.51 Å². The molecule has 1 saturated carbocycles. The number of aromatic nitrogens is 1. The van der Waals surface area contributed by atoms with E-state index >= 15 is 0 Å². The van der Waals surface area contributed by atoms with Crippen LogP contribution in [0.1, 0.15) is 38.8 Å². The quantitative estimate of drug-likeness (QED) is 0.648. The van der Waals surface area contributed by atoms with Crippen molar-refractivity contribution in [1.29, 1.82) is 0 Å². The summed E-state index contributed by atoms with van der Waals surface area (Å²) in [6, 6.07) is 0. The Bertz CT molecular complexity index is 258. The zero-order valence-corrected chi connectivity index (χ0v) is 8.69. The second kappa shape index (κ2) is 2.56. The normalized spacial score (nSPS) is 28.9. The molecule has 0 aliphatic heterocycles. The summed E-state index contributed by atoms with van der Waals surface area (Å²) in [5.41, 5.74) is 3.72. The number of hydrogen-bond acceptors (Lipinski definition) is 2. The fourth-order valence-corrected chi connectivity index (χ4v) is 2.50. The van der Waals surface area contributed by atoms with E-state index in [0.717, 1.165) is 11.8 Å². The minimum Gasteiger partial charge on any atom is -0.249 e. The van der Waals surface area contributed by atoms with Crippen LogP contribution >= 0.6 is 11.3 Å². The van der Waals surface area contributed by atoms with Gasteiger partial charge in [0.05, 0.1) is 11.2 Å². The third-order valence-corrected chi connectivity index (χ3v) is 3.34. The van der Waals surface area contributed by atoms with Gasteiger partial charge in [0, 0.05) is 11.3 Å². The predicted octanol–water partition coefficient (Wildman–Crippen LogP) is 3.29. The molecule has 1 aromatic heterocycles. The van der Waals surface area contributed by atoms with Crippen molar-refractivity contribution in [2.75, 3.05) is 0 Å². The largest absolute Gasteiger partial charge is 0.249 e. The molecule has 0 radical (unpaired) electrons. The van der Waals surface area contributed by atoms with Crippen LogP contribution in [0.5, 0.6) is 0 Å². The van der Waals surface area contributed by atoms with Crippen molar-refractivity contribution in [1.82, 2.24) is 4.98 Å². The molecule has 0 spiro atoms. The van der Waals surface area contributed by atoms with Crippen LogP contribution in [0.15, 0.2) is 10.9 Å². The van der Waals surface area contributed by atoms with Crippen LogP contribution in [0.3, 0.4) is 0 Å². The Hall–Kier alpha value is -0.370. The third kappa shape index (κ3) is 1.40. The molecule has 66 valence electrons. The van der Waals surface area contributed by atoms with E-state index in [1.54, 1.807) is 11.3 Å². The molecule has 1 nitrogen and oxygen atoms in total. The monoisotopic (exact) mass is 181 g/mol. The van der Waals surface area contributed by atoms with Crippen molar-refractivity contribution < 1.29 is 0 Å². The molecule has 1 aromatic rings. The van der Waals surface area contributed by atoms with Crippen molar-refractivity contribution in [3.8, 4) is 0 Å². The minimum atomic E-state index is 0.467. The zero-order chi connectivity index (χ0) is 8.77. The fourth-order valence-electron chi connectivity index (χ4n) is 1.88. The number of hydrogen-bond donors (Lipinski definition) is 0. The first-order chi connectivity index (χ1) is 5.59. The molecule has 2 heteroatoms. The lowest BCUT2D eigenvalue weighted by Crippen LogP contribution is -2.08. The van der Waals surface area contributed by atoms with Crippen LogP contribution < -0.4 is 0 Å². The number of rotatable bonds is 1. The summed E-state index contributed by atoms with van der Waals surface area (Å²) in [6.45, 7) is 6.97. The summed E-state index contributed by atoms with van der Waals surface area (Å²) in [4.78, 5) is 4.36. The lowest BCUT2D eigenvalue weighted by Gasteiger charge is -2.17. The third-order valence-electron chi connectivity index (χ3n) is 2.73. The molecule has 0 saturated heterocycles. The van der Waals surface area contributed by atoms with Crippen molar-refractivity contribution in [2.45, 2.75) is 33.1 Å². The molecule has 1 fully saturated rings. The first kappa shape index (κ1) is 8.24. The lowest BCUT2D eigenvalue weighted by molar-refractivity contribution is 0.343. The summed E-state index contributed by atoms with van der Waals surface area (Å²) in [5, 5.41) is 2.19. The predicted molar refractivity (Wildman–Crippen MR) is 52.4 cm³/mol. The molecule has 2 unspecified atom stereocenters. The highest BCUT2D eigenvalue weighted by Gasteiger charge is 2.46. The SMILES string of the molecule is CC(C)(C)C1CC1c1cscn1. The van der Waals surface area contributed by atoms with Crippen LogP contribution in [0.2, 0.25) is 0 Å². The summed E-state index contributed by atoms with van der Waals surface area (Å²) in [7, 11) is 0. The van der Waals surface area contributed by atoms with Crippen LogP contribution in [0.25, 0.3) is 0 Å². The van der Waals surface area contributed by atoms with Gasteiger partial charge in [0.15, 0.2) is 0 Å². The van der Waals surface area contributed by atoms with Gasteiger partial charge in [-0.25, -0.2) is 4.98 Å². The lowest BCUT2D eigenvalue weighted by atomic mass is 9.88. The Morgan fingerprint density at radius 2 is 2.25 bits per heavy atom. The fraction of sp³-hybridized carbons (Fsp3) is 0.700. The number of nitrogens with zero attached hydrogens (tertiary/aromatic N) is 1. The van der Waals surface area contributed by atoms with E-state index in [2.05, 4.69) is 31.1 Å². The van der Waals surface area contributed by atoms with Gasteiger partial charge in [-0.15, -0.1) is 11.3 Å². The van der Waals surface area contributed by atoms with E-state index in [4.69, 9.17) is 0 Å². The Labute approximate surface area is 77.8 Å². The Morgan fingerprint density at radius 3 is 2.67 bits per heavy atom. The second-order valence-electron chi connectivity index (χ2n) is 4.73. The van der Waals surface area contributed by atoms with E-state index in [-0.39, 0.29) is 0 Å². The molecule has 0 aromatic carbocycles. The smallest absolute Gasteiger partial charge is 0.0794 e. The summed E-state index contributed by atoms with van der Waals surface area (Å²) in [6.07, 6.45) is 1.34.